The van der Waals surface area contributed by atoms with Crippen LogP contribution in [-0.2, 0) is 32.7 Å². The van der Waals surface area contributed by atoms with Crippen LogP contribution in [0.2, 0.25) is 0 Å². The van der Waals surface area contributed by atoms with Crippen molar-refractivity contribution in [2.24, 2.45) is 5.92 Å². The highest BCUT2D eigenvalue weighted by Gasteiger charge is 2.27. The lowest BCUT2D eigenvalue weighted by Crippen LogP contribution is -2.29. The third-order valence-electron chi connectivity index (χ3n) is 8.44. The number of allylic oxidation sites excluding steroid dienone is 8. The van der Waals surface area contributed by atoms with Crippen molar-refractivity contribution in [1.29, 1.82) is 0 Å². The fourth-order valence-corrected chi connectivity index (χ4v) is 6.02. The van der Waals surface area contributed by atoms with E-state index in [-0.39, 0.29) is 19.4 Å². The van der Waals surface area contributed by atoms with Crippen molar-refractivity contribution in [2.75, 3.05) is 26.4 Å². The van der Waals surface area contributed by atoms with E-state index in [2.05, 4.69) is 30.5 Å². The number of phosphoric acid groups is 1. The molecule has 0 aliphatic heterocycles. The van der Waals surface area contributed by atoms with Crippen LogP contribution >= 0.6 is 7.82 Å². The van der Waals surface area contributed by atoms with E-state index in [4.69, 9.17) is 19.1 Å². The average Bonchev–Trinajstić information content (AvgIpc) is 3.15. The van der Waals surface area contributed by atoms with E-state index in [1.54, 1.807) is 6.08 Å². The predicted octanol–water partition coefficient (Wildman–Crippen LogP) is 9.55. The number of hydrogen-bond acceptors (Lipinski definition) is 10. The van der Waals surface area contributed by atoms with E-state index in [0.717, 1.165) is 44.4 Å². The number of aliphatic hydroxyl groups is 3. The Labute approximate surface area is 332 Å². The molecule has 0 spiro atoms. The van der Waals surface area contributed by atoms with Gasteiger partial charge in [-0.05, 0) is 50.9 Å². The van der Waals surface area contributed by atoms with E-state index >= 15 is 0 Å². The van der Waals surface area contributed by atoms with Crippen LogP contribution in [0.25, 0.3) is 0 Å². The third-order valence-corrected chi connectivity index (χ3v) is 9.39. The molecule has 0 heterocycles. The molecule has 0 aromatic carbocycles. The summed E-state index contributed by atoms with van der Waals surface area (Å²) >= 11 is 0. The molecule has 0 fully saturated rings. The van der Waals surface area contributed by atoms with E-state index in [9.17, 15) is 29.3 Å². The summed E-state index contributed by atoms with van der Waals surface area (Å²) in [7, 11) is -4.64. The molecule has 0 amide bonds. The number of carbonyl (C=O) groups excluding carboxylic acids is 2. The SMILES string of the molecule is CC/C=C\C(O)C/C=C/C=C\C/C=C\C/C=C\CCCC(=O)O[C@H](COC(=O)CCCCCCCCCCCCCC(C)C)COP(=O)(O)OC[C@@H](O)CO. The van der Waals surface area contributed by atoms with E-state index in [0.29, 0.717) is 25.7 Å². The number of esters is 2. The Morgan fingerprint density at radius 2 is 1.24 bits per heavy atom. The molecule has 11 nitrogen and oxygen atoms in total. The van der Waals surface area contributed by atoms with Gasteiger partial charge in [-0.3, -0.25) is 18.6 Å². The Hall–Kier alpha value is -2.37. The highest BCUT2D eigenvalue weighted by atomic mass is 31.2. The summed E-state index contributed by atoms with van der Waals surface area (Å²) in [6, 6.07) is 0. The highest BCUT2D eigenvalue weighted by molar-refractivity contribution is 7.47. The molecule has 0 saturated heterocycles. The van der Waals surface area contributed by atoms with Crippen molar-refractivity contribution in [3.63, 3.8) is 0 Å². The molecule has 0 rings (SSSR count). The topological polar surface area (TPSA) is 169 Å². The summed E-state index contributed by atoms with van der Waals surface area (Å²) in [5, 5.41) is 28.1. The van der Waals surface area contributed by atoms with Gasteiger partial charge in [-0.1, -0.05) is 152 Å². The lowest BCUT2D eigenvalue weighted by atomic mass is 10.0. The summed E-state index contributed by atoms with van der Waals surface area (Å²) in [6.07, 6.45) is 35.4. The largest absolute Gasteiger partial charge is 0.472 e. The van der Waals surface area contributed by atoms with Gasteiger partial charge in [-0.2, -0.15) is 0 Å². The van der Waals surface area contributed by atoms with Crippen LogP contribution in [0.5, 0.6) is 0 Å². The number of rotatable bonds is 37. The molecular weight excluding hydrogens is 723 g/mol. The highest BCUT2D eigenvalue weighted by Crippen LogP contribution is 2.43. The molecule has 0 aromatic heterocycles. The maximum atomic E-state index is 12.6. The number of phosphoric ester groups is 1. The fourth-order valence-electron chi connectivity index (χ4n) is 5.23. The van der Waals surface area contributed by atoms with Gasteiger partial charge in [0.25, 0.3) is 0 Å². The summed E-state index contributed by atoms with van der Waals surface area (Å²) in [4.78, 5) is 34.9. The zero-order chi connectivity index (χ0) is 40.8. The van der Waals surface area contributed by atoms with Crippen molar-refractivity contribution in [3.05, 3.63) is 60.8 Å². The van der Waals surface area contributed by atoms with Crippen molar-refractivity contribution < 1.29 is 52.9 Å². The Morgan fingerprint density at radius 3 is 1.87 bits per heavy atom. The van der Waals surface area contributed by atoms with Gasteiger partial charge in [-0.15, -0.1) is 0 Å². The smallest absolute Gasteiger partial charge is 0.462 e. The molecule has 4 atom stereocenters. The monoisotopic (exact) mass is 799 g/mol. The summed E-state index contributed by atoms with van der Waals surface area (Å²) in [5.74, 6) is -0.228. The van der Waals surface area contributed by atoms with Gasteiger partial charge in [0.15, 0.2) is 6.10 Å². The second-order valence-electron chi connectivity index (χ2n) is 14.3. The predicted molar refractivity (Wildman–Crippen MR) is 220 cm³/mol. The van der Waals surface area contributed by atoms with Crippen molar-refractivity contribution in [2.45, 2.75) is 167 Å². The Morgan fingerprint density at radius 1 is 0.673 bits per heavy atom. The van der Waals surface area contributed by atoms with E-state index < -0.39 is 57.9 Å². The zero-order valence-corrected chi connectivity index (χ0v) is 35.0. The van der Waals surface area contributed by atoms with Gasteiger partial charge in [0.05, 0.1) is 25.9 Å². The molecule has 0 radical (unpaired) electrons. The quantitative estimate of drug-likeness (QED) is 0.0155. The Kier molecular flexibility index (Phi) is 35.6. The maximum Gasteiger partial charge on any atom is 0.472 e. The van der Waals surface area contributed by atoms with Gasteiger partial charge in [0.1, 0.15) is 12.7 Å². The minimum absolute atomic E-state index is 0.0864. The Bertz CT molecular complexity index is 1130. The molecule has 4 N–H and O–H groups in total. The molecule has 55 heavy (non-hydrogen) atoms. The van der Waals surface area contributed by atoms with Crippen LogP contribution < -0.4 is 0 Å². The van der Waals surface area contributed by atoms with Crippen LogP contribution in [0.4, 0.5) is 0 Å². The lowest BCUT2D eigenvalue weighted by Gasteiger charge is -2.20. The zero-order valence-electron chi connectivity index (χ0n) is 34.1. The molecule has 0 aromatic rings. The first-order valence-electron chi connectivity index (χ1n) is 20.7. The summed E-state index contributed by atoms with van der Waals surface area (Å²) in [5.41, 5.74) is 0. The molecule has 12 heteroatoms. The molecule has 2 unspecified atom stereocenters. The molecular formula is C43H75O11P. The van der Waals surface area contributed by atoms with Crippen molar-refractivity contribution >= 4 is 19.8 Å². The van der Waals surface area contributed by atoms with Gasteiger partial charge >= 0.3 is 19.8 Å². The van der Waals surface area contributed by atoms with Crippen molar-refractivity contribution in [1.82, 2.24) is 0 Å². The van der Waals surface area contributed by atoms with Gasteiger partial charge in [-0.25, -0.2) is 4.57 Å². The molecule has 0 aliphatic carbocycles. The minimum atomic E-state index is -4.64. The van der Waals surface area contributed by atoms with Gasteiger partial charge in [0, 0.05) is 12.8 Å². The fraction of sp³-hybridized carbons (Fsp3) is 0.721. The van der Waals surface area contributed by atoms with Crippen molar-refractivity contribution in [3.8, 4) is 0 Å². The van der Waals surface area contributed by atoms with Crippen LogP contribution in [-0.4, -0.2) is 76.9 Å². The number of hydrogen-bond donors (Lipinski definition) is 4. The first-order chi connectivity index (χ1) is 26.5. The maximum absolute atomic E-state index is 12.6. The summed E-state index contributed by atoms with van der Waals surface area (Å²) in [6.45, 7) is 4.36. The van der Waals surface area contributed by atoms with E-state index in [1.165, 1.54) is 51.4 Å². The summed E-state index contributed by atoms with van der Waals surface area (Å²) < 4.78 is 32.6. The van der Waals surface area contributed by atoms with Crippen LogP contribution in [0.15, 0.2) is 60.8 Å². The normalized spacial score (nSPS) is 15.2. The standard InChI is InChI=1S/C43H75O11P/c1-4-5-30-39(45)31-26-22-18-14-10-6-7-11-16-20-24-28-33-43(48)54-41(37-53-55(49,50)52-35-40(46)34-44)36-51-42(47)32-27-23-19-15-12-8-9-13-17-21-25-29-38(2)3/h5-7,14,16,18,20,22,26,30,38-41,44-46H,4,8-13,15,17,19,21,23-25,27-29,31-37H2,1-3H3,(H,49,50)/b7-6-,18-14-,20-16-,26-22+,30-5-/t39?,40-,41+/m0/s1. The molecule has 0 aliphatic rings. The van der Waals surface area contributed by atoms with Crippen LogP contribution in [0, 0.1) is 5.92 Å². The number of unbranched alkanes of at least 4 members (excludes halogenated alkanes) is 11. The van der Waals surface area contributed by atoms with Gasteiger partial charge < -0.3 is 29.7 Å². The molecule has 0 bridgehead atoms. The second kappa shape index (κ2) is 37.2. The number of ether oxygens (including phenoxy) is 2. The molecule has 318 valence electrons. The minimum Gasteiger partial charge on any atom is -0.462 e. The average molecular weight is 799 g/mol. The first-order valence-corrected chi connectivity index (χ1v) is 22.2. The second-order valence-corrected chi connectivity index (χ2v) is 15.8. The van der Waals surface area contributed by atoms with Crippen LogP contribution in [0.3, 0.4) is 0 Å². The molecule has 0 saturated carbocycles. The lowest BCUT2D eigenvalue weighted by molar-refractivity contribution is -0.161. The first kappa shape index (κ1) is 52.6. The van der Waals surface area contributed by atoms with Crippen LogP contribution in [0.1, 0.15) is 149 Å². The van der Waals surface area contributed by atoms with Gasteiger partial charge in [0.2, 0.25) is 0 Å². The number of aliphatic hydroxyl groups excluding tert-OH is 3. The number of carbonyl (C=O) groups is 2. The third kappa shape index (κ3) is 38.3. The van der Waals surface area contributed by atoms with E-state index in [1.807, 2.05) is 49.5 Å². The Balaban J connectivity index is 4.47.